The Morgan fingerprint density at radius 1 is 1.37 bits per heavy atom. The fraction of sp³-hybridized carbons (Fsp3) is 0.500. The molecule has 5 heteroatoms. The van der Waals surface area contributed by atoms with Crippen molar-refractivity contribution in [1.82, 2.24) is 9.88 Å². The van der Waals surface area contributed by atoms with Crippen LogP contribution >= 0.6 is 0 Å². The van der Waals surface area contributed by atoms with Crippen molar-refractivity contribution in [3.8, 4) is 0 Å². The van der Waals surface area contributed by atoms with Gasteiger partial charge >= 0.3 is 5.97 Å². The van der Waals surface area contributed by atoms with Crippen LogP contribution < -0.4 is 0 Å². The van der Waals surface area contributed by atoms with E-state index in [0.717, 1.165) is 19.4 Å². The highest BCUT2D eigenvalue weighted by molar-refractivity contribution is 5.94. The molecule has 0 spiro atoms. The standard InChI is InChI=1S/C14H18N2O3/c17-13(18)4-3-11-2-1-9-16(10-11)14(19)12-5-7-15-8-6-12/h5-8,11H,1-4,9-10H2,(H,17,18). The highest BCUT2D eigenvalue weighted by atomic mass is 16.4. The summed E-state index contributed by atoms with van der Waals surface area (Å²) in [6, 6.07) is 3.42. The SMILES string of the molecule is O=C(O)CCC1CCCN(C(=O)c2ccncc2)C1. The highest BCUT2D eigenvalue weighted by Gasteiger charge is 2.24. The zero-order chi connectivity index (χ0) is 13.7. The largest absolute Gasteiger partial charge is 0.481 e. The Kier molecular flexibility index (Phi) is 4.49. The van der Waals surface area contributed by atoms with Crippen molar-refractivity contribution in [1.29, 1.82) is 0 Å². The molecule has 0 aliphatic carbocycles. The maximum Gasteiger partial charge on any atom is 0.303 e. The first-order chi connectivity index (χ1) is 9.16. The third kappa shape index (κ3) is 3.77. The van der Waals surface area contributed by atoms with E-state index in [1.54, 1.807) is 24.5 Å². The van der Waals surface area contributed by atoms with E-state index in [0.29, 0.717) is 24.4 Å². The molecule has 5 nitrogen and oxygen atoms in total. The van der Waals surface area contributed by atoms with E-state index in [-0.39, 0.29) is 12.3 Å². The Morgan fingerprint density at radius 3 is 2.79 bits per heavy atom. The topological polar surface area (TPSA) is 70.5 Å². The van der Waals surface area contributed by atoms with Gasteiger partial charge in [0.1, 0.15) is 0 Å². The van der Waals surface area contributed by atoms with Gasteiger partial charge in [-0.1, -0.05) is 0 Å². The lowest BCUT2D eigenvalue weighted by molar-refractivity contribution is -0.137. The number of rotatable bonds is 4. The van der Waals surface area contributed by atoms with Crippen molar-refractivity contribution in [2.75, 3.05) is 13.1 Å². The Labute approximate surface area is 112 Å². The number of carboxylic acids is 1. The maximum atomic E-state index is 12.3. The first-order valence-corrected chi connectivity index (χ1v) is 6.58. The molecule has 1 amide bonds. The summed E-state index contributed by atoms with van der Waals surface area (Å²) in [5.41, 5.74) is 0.647. The summed E-state index contributed by atoms with van der Waals surface area (Å²) in [6.45, 7) is 1.42. The number of hydrogen-bond donors (Lipinski definition) is 1. The average molecular weight is 262 g/mol. The van der Waals surface area contributed by atoms with Crippen LogP contribution in [0.2, 0.25) is 0 Å². The number of carbonyl (C=O) groups excluding carboxylic acids is 1. The molecule has 1 aliphatic heterocycles. The first kappa shape index (κ1) is 13.5. The third-order valence-corrected chi connectivity index (χ3v) is 3.50. The lowest BCUT2D eigenvalue weighted by Gasteiger charge is -2.32. The molecule has 1 aromatic heterocycles. The predicted molar refractivity (Wildman–Crippen MR) is 69.7 cm³/mol. The summed E-state index contributed by atoms with van der Waals surface area (Å²) in [5, 5.41) is 8.71. The van der Waals surface area contributed by atoms with Crippen LogP contribution in [-0.4, -0.2) is 40.0 Å². The van der Waals surface area contributed by atoms with Crippen molar-refractivity contribution < 1.29 is 14.7 Å². The summed E-state index contributed by atoms with van der Waals surface area (Å²) in [5.74, 6) is -0.448. The molecule has 1 unspecified atom stereocenters. The number of amides is 1. The molecule has 1 saturated heterocycles. The second kappa shape index (κ2) is 6.31. The van der Waals surface area contributed by atoms with Gasteiger partial charge in [0.15, 0.2) is 0 Å². The molecule has 1 N–H and O–H groups in total. The van der Waals surface area contributed by atoms with Gasteiger partial charge in [-0.3, -0.25) is 14.6 Å². The van der Waals surface area contributed by atoms with Gasteiger partial charge in [0.25, 0.3) is 5.91 Å². The van der Waals surface area contributed by atoms with Gasteiger partial charge in [-0.15, -0.1) is 0 Å². The molecule has 102 valence electrons. The smallest absolute Gasteiger partial charge is 0.303 e. The van der Waals surface area contributed by atoms with Crippen molar-refractivity contribution in [2.24, 2.45) is 5.92 Å². The van der Waals surface area contributed by atoms with Crippen LogP contribution in [0, 0.1) is 5.92 Å². The minimum Gasteiger partial charge on any atom is -0.481 e. The molecule has 0 aromatic carbocycles. The van der Waals surface area contributed by atoms with Crippen molar-refractivity contribution >= 4 is 11.9 Å². The summed E-state index contributed by atoms with van der Waals surface area (Å²) in [4.78, 5) is 28.6. The number of carboxylic acid groups (broad SMARTS) is 1. The van der Waals surface area contributed by atoms with Gasteiger partial charge in [-0.25, -0.2) is 0 Å². The molecule has 1 aliphatic rings. The van der Waals surface area contributed by atoms with Gasteiger partial charge in [-0.05, 0) is 37.3 Å². The Bertz CT molecular complexity index is 447. The number of likely N-dealkylation sites (tertiary alicyclic amines) is 1. The molecule has 1 atom stereocenters. The summed E-state index contributed by atoms with van der Waals surface area (Å²) >= 11 is 0. The van der Waals surface area contributed by atoms with Crippen molar-refractivity contribution in [3.63, 3.8) is 0 Å². The van der Waals surface area contributed by atoms with E-state index < -0.39 is 5.97 Å². The lowest BCUT2D eigenvalue weighted by Crippen LogP contribution is -2.40. The van der Waals surface area contributed by atoms with E-state index in [1.165, 1.54) is 0 Å². The molecule has 2 heterocycles. The zero-order valence-corrected chi connectivity index (χ0v) is 10.8. The summed E-state index contributed by atoms with van der Waals surface area (Å²) in [7, 11) is 0. The fourth-order valence-electron chi connectivity index (χ4n) is 2.49. The van der Waals surface area contributed by atoms with Gasteiger partial charge < -0.3 is 10.0 Å². The van der Waals surface area contributed by atoms with Gasteiger partial charge in [-0.2, -0.15) is 0 Å². The average Bonchev–Trinajstić information content (AvgIpc) is 2.45. The quantitative estimate of drug-likeness (QED) is 0.898. The van der Waals surface area contributed by atoms with Crippen LogP contribution in [0.3, 0.4) is 0 Å². The van der Waals surface area contributed by atoms with Crippen LogP contribution in [0.4, 0.5) is 0 Å². The molecular formula is C14H18N2O3. The summed E-state index contributed by atoms with van der Waals surface area (Å²) < 4.78 is 0. The number of nitrogens with zero attached hydrogens (tertiary/aromatic N) is 2. The molecule has 0 radical (unpaired) electrons. The minimum atomic E-state index is -0.766. The molecule has 0 bridgehead atoms. The van der Waals surface area contributed by atoms with Crippen LogP contribution in [0.1, 0.15) is 36.0 Å². The predicted octanol–water partition coefficient (Wildman–Crippen LogP) is 1.80. The molecule has 19 heavy (non-hydrogen) atoms. The van der Waals surface area contributed by atoms with Gasteiger partial charge in [0.05, 0.1) is 0 Å². The van der Waals surface area contributed by atoms with Crippen LogP contribution in [0.15, 0.2) is 24.5 Å². The Balaban J connectivity index is 1.93. The molecule has 2 rings (SSSR count). The highest BCUT2D eigenvalue weighted by Crippen LogP contribution is 2.22. The maximum absolute atomic E-state index is 12.3. The molecule has 0 saturated carbocycles. The van der Waals surface area contributed by atoms with Crippen molar-refractivity contribution in [3.05, 3.63) is 30.1 Å². The van der Waals surface area contributed by atoms with E-state index in [9.17, 15) is 9.59 Å². The second-order valence-corrected chi connectivity index (χ2v) is 4.93. The first-order valence-electron chi connectivity index (χ1n) is 6.58. The Hall–Kier alpha value is -1.91. The van der Waals surface area contributed by atoms with Gasteiger partial charge in [0.2, 0.25) is 0 Å². The number of aliphatic carboxylic acids is 1. The summed E-state index contributed by atoms with van der Waals surface area (Å²) in [6.07, 6.45) is 6.00. The number of carbonyl (C=O) groups is 2. The minimum absolute atomic E-state index is 0.0161. The zero-order valence-electron chi connectivity index (χ0n) is 10.8. The van der Waals surface area contributed by atoms with Crippen molar-refractivity contribution in [2.45, 2.75) is 25.7 Å². The molecule has 1 aromatic rings. The number of piperidine rings is 1. The van der Waals surface area contributed by atoms with Gasteiger partial charge in [0, 0.05) is 37.5 Å². The molecular weight excluding hydrogens is 244 g/mol. The van der Waals surface area contributed by atoms with Crippen LogP contribution in [0.25, 0.3) is 0 Å². The number of pyridine rings is 1. The number of hydrogen-bond acceptors (Lipinski definition) is 3. The lowest BCUT2D eigenvalue weighted by atomic mass is 9.93. The monoisotopic (exact) mass is 262 g/mol. The van der Waals surface area contributed by atoms with E-state index in [1.807, 2.05) is 4.90 Å². The van der Waals surface area contributed by atoms with Crippen LogP contribution in [-0.2, 0) is 4.79 Å². The van der Waals surface area contributed by atoms with Crippen LogP contribution in [0.5, 0.6) is 0 Å². The van der Waals surface area contributed by atoms with E-state index in [4.69, 9.17) is 5.11 Å². The van der Waals surface area contributed by atoms with E-state index >= 15 is 0 Å². The molecule has 1 fully saturated rings. The fourth-order valence-corrected chi connectivity index (χ4v) is 2.49. The normalized spacial score (nSPS) is 19.2. The van der Waals surface area contributed by atoms with E-state index in [2.05, 4.69) is 4.98 Å². The second-order valence-electron chi connectivity index (χ2n) is 4.93. The third-order valence-electron chi connectivity index (χ3n) is 3.50. The number of aromatic nitrogens is 1. The Morgan fingerprint density at radius 2 is 2.11 bits per heavy atom.